The van der Waals surface area contributed by atoms with Crippen LogP contribution in [0.5, 0.6) is 0 Å². The largest absolute Gasteiger partial charge is 0.375 e. The van der Waals surface area contributed by atoms with E-state index in [9.17, 15) is 10.1 Å². The van der Waals surface area contributed by atoms with Gasteiger partial charge in [-0.1, -0.05) is 19.3 Å². The average Bonchev–Trinajstić information content (AvgIpc) is 2.50. The monoisotopic (exact) mass is 305 g/mol. The molecule has 1 saturated heterocycles. The van der Waals surface area contributed by atoms with Crippen molar-refractivity contribution in [2.75, 3.05) is 11.9 Å². The number of ether oxygens (including phenoxy) is 1. The van der Waals surface area contributed by atoms with E-state index in [1.165, 1.54) is 25.5 Å². The summed E-state index contributed by atoms with van der Waals surface area (Å²) in [5.41, 5.74) is 0.903. The second-order valence-corrected chi connectivity index (χ2v) is 6.54. The fourth-order valence-electron chi connectivity index (χ4n) is 3.70. The van der Waals surface area contributed by atoms with Crippen LogP contribution in [0.1, 0.15) is 50.5 Å². The van der Waals surface area contributed by atoms with E-state index in [2.05, 4.69) is 10.3 Å². The van der Waals surface area contributed by atoms with Crippen LogP contribution in [0.15, 0.2) is 12.3 Å². The summed E-state index contributed by atoms with van der Waals surface area (Å²) in [5, 5.41) is 14.3. The lowest BCUT2D eigenvalue weighted by Crippen LogP contribution is -2.45. The Morgan fingerprint density at radius 3 is 2.86 bits per heavy atom. The molecule has 0 aromatic carbocycles. The molecule has 0 radical (unpaired) electrons. The maximum absolute atomic E-state index is 10.8. The summed E-state index contributed by atoms with van der Waals surface area (Å²) in [6.45, 7) is 2.64. The molecule has 2 aliphatic rings. The first-order chi connectivity index (χ1) is 10.6. The van der Waals surface area contributed by atoms with Crippen LogP contribution in [0, 0.1) is 17.0 Å². The number of nitrogens with zero attached hydrogens (tertiary/aromatic N) is 2. The molecule has 1 aromatic heterocycles. The zero-order chi connectivity index (χ0) is 15.6. The molecule has 1 aliphatic heterocycles. The molecule has 1 N–H and O–H groups in total. The number of nitrogens with one attached hydrogen (secondary N) is 1. The van der Waals surface area contributed by atoms with E-state index in [0.29, 0.717) is 6.04 Å². The molecule has 2 heterocycles. The minimum atomic E-state index is -0.407. The standard InChI is InChI=1S/C16H23N3O3/c1-12-9-14(19(20)21)11-17-15(12)18-13-5-8-22-16(10-13)6-3-2-4-7-16/h9,11,13H,2-8,10H2,1H3,(H,17,18). The molecular weight excluding hydrogens is 282 g/mol. The summed E-state index contributed by atoms with van der Waals surface area (Å²) in [4.78, 5) is 14.6. The average molecular weight is 305 g/mol. The highest BCUT2D eigenvalue weighted by molar-refractivity contribution is 5.48. The Morgan fingerprint density at radius 2 is 2.18 bits per heavy atom. The molecule has 6 heteroatoms. The Balaban J connectivity index is 1.69. The Morgan fingerprint density at radius 1 is 1.41 bits per heavy atom. The normalized spacial score (nSPS) is 24.1. The number of hydrogen-bond acceptors (Lipinski definition) is 5. The molecule has 22 heavy (non-hydrogen) atoms. The van der Waals surface area contributed by atoms with Crippen molar-refractivity contribution in [3.05, 3.63) is 27.9 Å². The summed E-state index contributed by atoms with van der Waals surface area (Å²) in [7, 11) is 0. The van der Waals surface area contributed by atoms with Crippen molar-refractivity contribution >= 4 is 11.5 Å². The van der Waals surface area contributed by atoms with Crippen LogP contribution in [0.3, 0.4) is 0 Å². The summed E-state index contributed by atoms with van der Waals surface area (Å²) < 4.78 is 6.11. The van der Waals surface area contributed by atoms with Gasteiger partial charge in [-0.3, -0.25) is 10.1 Å². The zero-order valence-corrected chi connectivity index (χ0v) is 13.0. The van der Waals surface area contributed by atoms with Crippen LogP contribution in [-0.4, -0.2) is 28.2 Å². The molecule has 1 saturated carbocycles. The number of rotatable bonds is 3. The lowest BCUT2D eigenvalue weighted by Gasteiger charge is -2.43. The summed E-state index contributed by atoms with van der Waals surface area (Å²) in [5.74, 6) is 0.753. The van der Waals surface area contributed by atoms with Gasteiger partial charge >= 0.3 is 0 Å². The Hall–Kier alpha value is -1.69. The van der Waals surface area contributed by atoms with Crippen molar-refractivity contribution < 1.29 is 9.66 Å². The molecular formula is C16H23N3O3. The van der Waals surface area contributed by atoms with E-state index in [-0.39, 0.29) is 11.3 Å². The van der Waals surface area contributed by atoms with Crippen LogP contribution < -0.4 is 5.32 Å². The molecule has 1 spiro atoms. The van der Waals surface area contributed by atoms with Crippen LogP contribution in [-0.2, 0) is 4.74 Å². The molecule has 1 unspecified atom stereocenters. The minimum absolute atomic E-state index is 0.0405. The van der Waals surface area contributed by atoms with Crippen molar-refractivity contribution in [2.45, 2.75) is 63.5 Å². The van der Waals surface area contributed by atoms with E-state index in [1.807, 2.05) is 6.92 Å². The van der Waals surface area contributed by atoms with Gasteiger partial charge in [-0.05, 0) is 38.2 Å². The molecule has 6 nitrogen and oxygen atoms in total. The van der Waals surface area contributed by atoms with Gasteiger partial charge in [-0.25, -0.2) is 4.98 Å². The third-order valence-electron chi connectivity index (χ3n) is 4.87. The number of nitro groups is 1. The van der Waals surface area contributed by atoms with Gasteiger partial charge in [0.2, 0.25) is 0 Å². The molecule has 0 bridgehead atoms. The van der Waals surface area contributed by atoms with Gasteiger partial charge in [0.1, 0.15) is 12.0 Å². The minimum Gasteiger partial charge on any atom is -0.375 e. The lowest BCUT2D eigenvalue weighted by atomic mass is 9.78. The number of aromatic nitrogens is 1. The van der Waals surface area contributed by atoms with Gasteiger partial charge in [0.05, 0.1) is 10.5 Å². The Bertz CT molecular complexity index is 550. The molecule has 0 amide bonds. The first-order valence-corrected chi connectivity index (χ1v) is 8.10. The lowest BCUT2D eigenvalue weighted by molar-refractivity contribution is -0.385. The predicted octanol–water partition coefficient (Wildman–Crippen LogP) is 3.59. The molecule has 3 rings (SSSR count). The molecule has 2 fully saturated rings. The number of pyridine rings is 1. The van der Waals surface area contributed by atoms with E-state index < -0.39 is 4.92 Å². The highest BCUT2D eigenvalue weighted by atomic mass is 16.6. The Labute approximate surface area is 130 Å². The van der Waals surface area contributed by atoms with Gasteiger partial charge in [-0.15, -0.1) is 0 Å². The third kappa shape index (κ3) is 3.21. The molecule has 1 aromatic rings. The quantitative estimate of drug-likeness (QED) is 0.682. The van der Waals surface area contributed by atoms with E-state index in [1.54, 1.807) is 6.07 Å². The Kier molecular flexibility index (Phi) is 4.29. The second kappa shape index (κ2) is 6.20. The number of hydrogen-bond donors (Lipinski definition) is 1. The zero-order valence-electron chi connectivity index (χ0n) is 13.0. The first kappa shape index (κ1) is 15.2. The van der Waals surface area contributed by atoms with Gasteiger partial charge < -0.3 is 10.1 Å². The summed E-state index contributed by atoms with van der Waals surface area (Å²) in [6.07, 6.45) is 9.40. The van der Waals surface area contributed by atoms with Crippen molar-refractivity contribution in [2.24, 2.45) is 0 Å². The van der Waals surface area contributed by atoms with Crippen molar-refractivity contribution in [3.63, 3.8) is 0 Å². The van der Waals surface area contributed by atoms with Crippen LogP contribution in [0.2, 0.25) is 0 Å². The summed E-state index contributed by atoms with van der Waals surface area (Å²) in [6, 6.07) is 1.91. The number of anilines is 1. The molecule has 120 valence electrons. The van der Waals surface area contributed by atoms with Gasteiger partial charge in [0.25, 0.3) is 5.69 Å². The van der Waals surface area contributed by atoms with Crippen LogP contribution in [0.25, 0.3) is 0 Å². The van der Waals surface area contributed by atoms with Crippen LogP contribution in [0.4, 0.5) is 11.5 Å². The molecule has 1 atom stereocenters. The van der Waals surface area contributed by atoms with E-state index >= 15 is 0 Å². The number of aryl methyl sites for hydroxylation is 1. The van der Waals surface area contributed by atoms with Crippen molar-refractivity contribution in [3.8, 4) is 0 Å². The SMILES string of the molecule is Cc1cc([N+](=O)[O-])cnc1NC1CCOC2(CCCCC2)C1. The topological polar surface area (TPSA) is 77.3 Å². The maximum Gasteiger partial charge on any atom is 0.287 e. The maximum atomic E-state index is 10.8. The fourth-order valence-corrected chi connectivity index (χ4v) is 3.70. The van der Waals surface area contributed by atoms with Crippen LogP contribution >= 0.6 is 0 Å². The fraction of sp³-hybridized carbons (Fsp3) is 0.688. The smallest absolute Gasteiger partial charge is 0.287 e. The van der Waals surface area contributed by atoms with E-state index in [4.69, 9.17) is 4.74 Å². The van der Waals surface area contributed by atoms with E-state index in [0.717, 1.165) is 43.7 Å². The summed E-state index contributed by atoms with van der Waals surface area (Å²) >= 11 is 0. The predicted molar refractivity (Wildman–Crippen MR) is 84.0 cm³/mol. The van der Waals surface area contributed by atoms with Gasteiger partial charge in [0, 0.05) is 18.7 Å². The second-order valence-electron chi connectivity index (χ2n) is 6.54. The highest BCUT2D eigenvalue weighted by Crippen LogP contribution is 2.39. The highest BCUT2D eigenvalue weighted by Gasteiger charge is 2.38. The first-order valence-electron chi connectivity index (χ1n) is 8.10. The molecule has 1 aliphatic carbocycles. The van der Waals surface area contributed by atoms with Crippen molar-refractivity contribution in [1.82, 2.24) is 4.98 Å². The van der Waals surface area contributed by atoms with Gasteiger partial charge in [0.15, 0.2) is 0 Å². The third-order valence-corrected chi connectivity index (χ3v) is 4.87. The van der Waals surface area contributed by atoms with Crippen molar-refractivity contribution in [1.29, 1.82) is 0 Å². The van der Waals surface area contributed by atoms with Gasteiger partial charge in [-0.2, -0.15) is 0 Å².